The van der Waals surface area contributed by atoms with Crippen LogP contribution in [0.15, 0.2) is 16.6 Å². The third kappa shape index (κ3) is 5.53. The zero-order valence-electron chi connectivity index (χ0n) is 12.4. The van der Waals surface area contributed by atoms with Crippen molar-refractivity contribution in [2.75, 3.05) is 27.4 Å². The Bertz CT molecular complexity index is 482. The summed E-state index contributed by atoms with van der Waals surface area (Å²) in [5.74, 6) is 0.363. The number of hydrogen-bond acceptors (Lipinski definition) is 5. The molecule has 0 aliphatic rings. The molecule has 0 aromatic heterocycles. The zero-order valence-corrected chi connectivity index (χ0v) is 14.0. The van der Waals surface area contributed by atoms with Gasteiger partial charge < -0.3 is 25.2 Å². The largest absolute Gasteiger partial charge is 0.503 e. The number of nitrogens with one attached hydrogen (secondary N) is 2. The van der Waals surface area contributed by atoms with Gasteiger partial charge in [-0.15, -0.1) is 0 Å². The number of methoxy groups -OCH3 is 2. The lowest BCUT2D eigenvalue weighted by Crippen LogP contribution is -2.42. The van der Waals surface area contributed by atoms with Crippen LogP contribution in [0.2, 0.25) is 0 Å². The molecule has 0 fully saturated rings. The molecule has 1 aromatic rings. The molecule has 1 amide bonds. The van der Waals surface area contributed by atoms with E-state index in [-0.39, 0.29) is 17.7 Å². The van der Waals surface area contributed by atoms with Crippen LogP contribution >= 0.6 is 15.9 Å². The van der Waals surface area contributed by atoms with Gasteiger partial charge in [-0.3, -0.25) is 4.79 Å². The van der Waals surface area contributed by atoms with Gasteiger partial charge in [0.15, 0.2) is 11.5 Å². The number of phenolic OH excluding ortho intramolecular Hbond substituents is 1. The first-order chi connectivity index (χ1) is 9.99. The number of carbonyl (C=O) groups excluding carboxylic acids is 1. The minimum Gasteiger partial charge on any atom is -0.503 e. The van der Waals surface area contributed by atoms with E-state index in [1.165, 1.54) is 7.11 Å². The van der Waals surface area contributed by atoms with Gasteiger partial charge in [0.05, 0.1) is 24.2 Å². The Labute approximate surface area is 133 Å². The van der Waals surface area contributed by atoms with Crippen LogP contribution in [0.3, 0.4) is 0 Å². The molecular formula is C14H21BrN2O4. The number of phenols is 1. The summed E-state index contributed by atoms with van der Waals surface area (Å²) in [6.07, 6.45) is 0. The number of aromatic hydroxyl groups is 1. The van der Waals surface area contributed by atoms with Crippen molar-refractivity contribution in [3.05, 3.63) is 22.2 Å². The summed E-state index contributed by atoms with van der Waals surface area (Å²) < 4.78 is 10.5. The van der Waals surface area contributed by atoms with Crippen LogP contribution in [0.1, 0.15) is 12.5 Å². The summed E-state index contributed by atoms with van der Waals surface area (Å²) >= 11 is 3.26. The molecule has 1 rings (SSSR count). The molecule has 21 heavy (non-hydrogen) atoms. The van der Waals surface area contributed by atoms with Gasteiger partial charge in [0.25, 0.3) is 0 Å². The normalized spacial score (nSPS) is 12.0. The van der Waals surface area contributed by atoms with Gasteiger partial charge in [0, 0.05) is 20.2 Å². The molecule has 7 heteroatoms. The summed E-state index contributed by atoms with van der Waals surface area (Å²) in [6.45, 7) is 3.24. The fourth-order valence-electron chi connectivity index (χ4n) is 1.68. The lowest BCUT2D eigenvalue weighted by Gasteiger charge is -2.15. The number of rotatable bonds is 8. The first-order valence-electron chi connectivity index (χ1n) is 6.55. The molecular weight excluding hydrogens is 340 g/mol. The third-order valence-corrected chi connectivity index (χ3v) is 3.52. The van der Waals surface area contributed by atoms with Gasteiger partial charge in [-0.1, -0.05) is 0 Å². The van der Waals surface area contributed by atoms with Crippen molar-refractivity contribution < 1.29 is 19.4 Å². The monoisotopic (exact) mass is 360 g/mol. The first-order valence-corrected chi connectivity index (χ1v) is 7.34. The van der Waals surface area contributed by atoms with Gasteiger partial charge in [-0.25, -0.2) is 0 Å². The van der Waals surface area contributed by atoms with Gasteiger partial charge >= 0.3 is 0 Å². The van der Waals surface area contributed by atoms with Crippen LogP contribution in [-0.4, -0.2) is 44.4 Å². The maximum Gasteiger partial charge on any atom is 0.236 e. The Morgan fingerprint density at radius 1 is 1.43 bits per heavy atom. The third-order valence-electron chi connectivity index (χ3n) is 2.92. The summed E-state index contributed by atoms with van der Waals surface area (Å²) in [6, 6.07) is 3.17. The lowest BCUT2D eigenvalue weighted by molar-refractivity contribution is -0.122. The lowest BCUT2D eigenvalue weighted by atomic mass is 10.2. The van der Waals surface area contributed by atoms with Gasteiger partial charge in [-0.2, -0.15) is 0 Å². The Balaban J connectivity index is 2.54. The minimum atomic E-state index is -0.333. The number of halogens is 1. The van der Waals surface area contributed by atoms with E-state index >= 15 is 0 Å². The first kappa shape index (κ1) is 17.7. The second-order valence-corrected chi connectivity index (χ2v) is 5.37. The van der Waals surface area contributed by atoms with Crippen LogP contribution in [0.25, 0.3) is 0 Å². The predicted molar refractivity (Wildman–Crippen MR) is 83.5 cm³/mol. The second kappa shape index (κ2) is 8.86. The van der Waals surface area contributed by atoms with Crippen LogP contribution < -0.4 is 15.4 Å². The van der Waals surface area contributed by atoms with E-state index in [9.17, 15) is 9.90 Å². The van der Waals surface area contributed by atoms with Crippen molar-refractivity contribution in [2.45, 2.75) is 19.5 Å². The van der Waals surface area contributed by atoms with E-state index in [1.54, 1.807) is 26.2 Å². The Kier molecular flexibility index (Phi) is 7.49. The molecule has 0 aliphatic carbocycles. The summed E-state index contributed by atoms with van der Waals surface area (Å²) in [5, 5.41) is 15.6. The predicted octanol–water partition coefficient (Wildman–Crippen LogP) is 1.40. The van der Waals surface area contributed by atoms with Crippen LogP contribution in [0, 0.1) is 0 Å². The summed E-state index contributed by atoms with van der Waals surface area (Å²) in [5.41, 5.74) is 0.896. The van der Waals surface area contributed by atoms with Crippen molar-refractivity contribution in [3.8, 4) is 11.5 Å². The smallest absolute Gasteiger partial charge is 0.236 e. The molecule has 0 bridgehead atoms. The van der Waals surface area contributed by atoms with Gasteiger partial charge in [-0.05, 0) is 40.5 Å². The molecule has 3 N–H and O–H groups in total. The van der Waals surface area contributed by atoms with Crippen molar-refractivity contribution in [2.24, 2.45) is 0 Å². The van der Waals surface area contributed by atoms with Crippen molar-refractivity contribution >= 4 is 21.8 Å². The fraction of sp³-hybridized carbons (Fsp3) is 0.500. The van der Waals surface area contributed by atoms with E-state index in [0.717, 1.165) is 5.56 Å². The number of ether oxygens (including phenoxy) is 2. The summed E-state index contributed by atoms with van der Waals surface area (Å²) in [7, 11) is 3.08. The quantitative estimate of drug-likeness (QED) is 0.610. The van der Waals surface area contributed by atoms with Crippen molar-refractivity contribution in [1.82, 2.24) is 10.6 Å². The van der Waals surface area contributed by atoms with Gasteiger partial charge in [0.2, 0.25) is 5.91 Å². The van der Waals surface area contributed by atoms with Crippen LogP contribution in [0.5, 0.6) is 11.5 Å². The highest BCUT2D eigenvalue weighted by molar-refractivity contribution is 9.10. The number of amides is 1. The van der Waals surface area contributed by atoms with E-state index < -0.39 is 0 Å². The Morgan fingerprint density at radius 3 is 2.76 bits per heavy atom. The molecule has 0 spiro atoms. The molecule has 6 nitrogen and oxygen atoms in total. The number of hydrogen-bond donors (Lipinski definition) is 3. The zero-order chi connectivity index (χ0) is 15.8. The minimum absolute atomic E-state index is 0.0617. The van der Waals surface area contributed by atoms with E-state index in [2.05, 4.69) is 26.6 Å². The molecule has 0 saturated carbocycles. The van der Waals surface area contributed by atoms with Crippen LogP contribution in [-0.2, 0) is 16.1 Å². The maximum absolute atomic E-state index is 11.8. The highest BCUT2D eigenvalue weighted by Crippen LogP contribution is 2.35. The van der Waals surface area contributed by atoms with Crippen molar-refractivity contribution in [3.63, 3.8) is 0 Å². The number of carbonyl (C=O) groups is 1. The average Bonchev–Trinajstić information content (AvgIpc) is 2.47. The molecule has 0 radical (unpaired) electrons. The Morgan fingerprint density at radius 2 is 2.14 bits per heavy atom. The number of benzene rings is 1. The fourth-order valence-corrected chi connectivity index (χ4v) is 2.17. The van der Waals surface area contributed by atoms with Gasteiger partial charge in [0.1, 0.15) is 0 Å². The van der Waals surface area contributed by atoms with Crippen molar-refractivity contribution in [1.29, 1.82) is 0 Å². The SMILES string of the molecule is COCCNC(=O)C(C)NCc1cc(Br)c(O)c(OC)c1. The Hall–Kier alpha value is -1.31. The molecule has 0 saturated heterocycles. The highest BCUT2D eigenvalue weighted by Gasteiger charge is 2.13. The molecule has 0 heterocycles. The molecule has 118 valence electrons. The van der Waals surface area contributed by atoms with Crippen LogP contribution in [0.4, 0.5) is 0 Å². The highest BCUT2D eigenvalue weighted by atomic mass is 79.9. The topological polar surface area (TPSA) is 79.8 Å². The summed E-state index contributed by atoms with van der Waals surface area (Å²) in [4.78, 5) is 11.8. The molecule has 1 unspecified atom stereocenters. The van der Waals surface area contributed by atoms with E-state index in [1.807, 2.05) is 0 Å². The molecule has 1 aromatic carbocycles. The molecule has 0 aliphatic heterocycles. The standard InChI is InChI=1S/C14H21BrN2O4/c1-9(14(19)16-4-5-20-2)17-8-10-6-11(15)13(18)12(7-10)21-3/h6-7,9,17-18H,4-5,8H2,1-3H3,(H,16,19). The average molecular weight is 361 g/mol. The maximum atomic E-state index is 11.8. The molecule has 1 atom stereocenters. The van der Waals surface area contributed by atoms with E-state index in [0.29, 0.717) is 29.9 Å². The second-order valence-electron chi connectivity index (χ2n) is 4.51. The van der Waals surface area contributed by atoms with E-state index in [4.69, 9.17) is 9.47 Å².